The van der Waals surface area contributed by atoms with Gasteiger partial charge >= 0.3 is 18.0 Å². The summed E-state index contributed by atoms with van der Waals surface area (Å²) in [5.41, 5.74) is -1.57. The van der Waals surface area contributed by atoms with Crippen molar-refractivity contribution in [2.24, 2.45) is 5.41 Å². The smallest absolute Gasteiger partial charge is 0.410 e. The zero-order valence-electron chi connectivity index (χ0n) is 19.0. The van der Waals surface area contributed by atoms with E-state index in [1.165, 1.54) is 29.2 Å². The quantitative estimate of drug-likeness (QED) is 0.188. The molecule has 0 aromatic heterocycles. The summed E-state index contributed by atoms with van der Waals surface area (Å²) in [6.07, 6.45) is -0.954. The molecule has 0 aliphatic carbocycles. The highest BCUT2D eigenvalue weighted by molar-refractivity contribution is 6.02. The number of carbonyl (C=O) groups excluding carboxylic acids is 3. The first-order valence-corrected chi connectivity index (χ1v) is 10.9. The van der Waals surface area contributed by atoms with E-state index in [2.05, 4.69) is 0 Å². The van der Waals surface area contributed by atoms with Gasteiger partial charge in [-0.05, 0) is 25.8 Å². The Morgan fingerprint density at radius 3 is 2.15 bits per heavy atom. The number of hydrogen-bond acceptors (Lipinski definition) is 8. The Morgan fingerprint density at radius 2 is 1.56 bits per heavy atom. The molecule has 0 radical (unpaired) electrons. The van der Waals surface area contributed by atoms with E-state index >= 15 is 0 Å². The average Bonchev–Trinajstić information content (AvgIpc) is 3.25. The molecule has 1 aliphatic rings. The number of nitro groups is 1. The highest BCUT2D eigenvalue weighted by Crippen LogP contribution is 2.51. The van der Waals surface area contributed by atoms with Gasteiger partial charge in [-0.3, -0.25) is 24.6 Å². The molecule has 0 bridgehead atoms. The zero-order chi connectivity index (χ0) is 24.7. The number of ether oxygens (including phenoxy) is 3. The molecule has 1 unspecified atom stereocenters. The number of rotatable bonds is 8. The molecule has 1 saturated heterocycles. The van der Waals surface area contributed by atoms with Crippen LogP contribution in [0.25, 0.3) is 0 Å². The lowest BCUT2D eigenvalue weighted by Crippen LogP contribution is -2.47. The molecule has 1 heterocycles. The summed E-state index contributed by atoms with van der Waals surface area (Å²) in [6, 6.07) is 13.3. The predicted octanol–water partition coefficient (Wildman–Crippen LogP) is 3.79. The molecule has 10 heteroatoms. The number of esters is 2. The molecule has 1 fully saturated rings. The van der Waals surface area contributed by atoms with Crippen LogP contribution in [0.5, 0.6) is 0 Å². The summed E-state index contributed by atoms with van der Waals surface area (Å²) >= 11 is 0. The van der Waals surface area contributed by atoms with Crippen LogP contribution in [0.1, 0.15) is 37.4 Å². The van der Waals surface area contributed by atoms with E-state index in [9.17, 15) is 24.5 Å². The second-order valence-corrected chi connectivity index (χ2v) is 7.61. The van der Waals surface area contributed by atoms with Crippen LogP contribution < -0.4 is 0 Å². The standard InChI is InChI=1S/C24H26N2O8/c1-3-32-21(27)24(22(28)33-4-2)14-15-25(23(29)34-16-17-10-6-5-7-11-17)20(24)18-12-8-9-13-19(18)26(30)31/h5-13,20H,3-4,14-16H2,1-2H3. The molecule has 2 aromatic rings. The molecule has 34 heavy (non-hydrogen) atoms. The average molecular weight is 470 g/mol. The number of amides is 1. The second kappa shape index (κ2) is 10.8. The van der Waals surface area contributed by atoms with Crippen LogP contribution in [0.15, 0.2) is 54.6 Å². The molecule has 180 valence electrons. The first-order valence-electron chi connectivity index (χ1n) is 10.9. The Bertz CT molecular complexity index is 1040. The van der Waals surface area contributed by atoms with Gasteiger partial charge in [0.1, 0.15) is 6.61 Å². The van der Waals surface area contributed by atoms with Crippen LogP contribution in [0, 0.1) is 15.5 Å². The molecule has 1 aliphatic heterocycles. The SMILES string of the molecule is CCOC(=O)C1(C(=O)OCC)CCN(C(=O)OCc2ccccc2)C1c1ccccc1[N+](=O)[O-]. The Morgan fingerprint density at radius 1 is 0.971 bits per heavy atom. The van der Waals surface area contributed by atoms with Gasteiger partial charge in [0.2, 0.25) is 0 Å². The largest absolute Gasteiger partial charge is 0.465 e. The van der Waals surface area contributed by atoms with Crippen molar-refractivity contribution in [2.45, 2.75) is 32.9 Å². The van der Waals surface area contributed by atoms with E-state index < -0.39 is 34.4 Å². The fourth-order valence-electron chi connectivity index (χ4n) is 4.18. The molecule has 1 amide bonds. The van der Waals surface area contributed by atoms with E-state index in [0.29, 0.717) is 0 Å². The summed E-state index contributed by atoms with van der Waals surface area (Å²) < 4.78 is 15.9. The van der Waals surface area contributed by atoms with Gasteiger partial charge in [-0.2, -0.15) is 0 Å². The first-order chi connectivity index (χ1) is 16.4. The lowest BCUT2D eigenvalue weighted by atomic mass is 9.76. The monoisotopic (exact) mass is 470 g/mol. The maximum absolute atomic E-state index is 13.2. The number of nitro benzene ring substituents is 1. The van der Waals surface area contributed by atoms with Crippen molar-refractivity contribution in [2.75, 3.05) is 19.8 Å². The minimum atomic E-state index is -1.98. The third-order valence-corrected chi connectivity index (χ3v) is 5.67. The number of likely N-dealkylation sites (tertiary alicyclic amines) is 1. The Hall–Kier alpha value is -3.95. The van der Waals surface area contributed by atoms with Gasteiger partial charge in [0.25, 0.3) is 5.69 Å². The van der Waals surface area contributed by atoms with Crippen LogP contribution in [-0.4, -0.2) is 47.6 Å². The fraction of sp³-hybridized carbons (Fsp3) is 0.375. The number of para-hydroxylation sites is 1. The normalized spacial score (nSPS) is 16.5. The molecule has 2 aromatic carbocycles. The molecule has 0 N–H and O–H groups in total. The molecular formula is C24H26N2O8. The van der Waals surface area contributed by atoms with Gasteiger partial charge in [-0.1, -0.05) is 48.5 Å². The number of nitrogens with zero attached hydrogens (tertiary/aromatic N) is 2. The van der Waals surface area contributed by atoms with Crippen molar-refractivity contribution in [1.82, 2.24) is 4.90 Å². The Kier molecular flexibility index (Phi) is 7.83. The van der Waals surface area contributed by atoms with Gasteiger partial charge in [0, 0.05) is 12.6 Å². The second-order valence-electron chi connectivity index (χ2n) is 7.61. The first kappa shape index (κ1) is 24.7. The summed E-state index contributed by atoms with van der Waals surface area (Å²) in [6.45, 7) is 2.99. The third kappa shape index (κ3) is 4.70. The van der Waals surface area contributed by atoms with Gasteiger partial charge < -0.3 is 14.2 Å². The minimum Gasteiger partial charge on any atom is -0.465 e. The van der Waals surface area contributed by atoms with Crippen molar-refractivity contribution in [3.05, 3.63) is 75.8 Å². The van der Waals surface area contributed by atoms with E-state index in [1.807, 2.05) is 6.07 Å². The van der Waals surface area contributed by atoms with Crippen molar-refractivity contribution in [3.8, 4) is 0 Å². The van der Waals surface area contributed by atoms with Gasteiger partial charge in [0.15, 0.2) is 5.41 Å². The number of carbonyl (C=O) groups is 3. The molecule has 1 atom stereocenters. The minimum absolute atomic E-state index is 0.0165. The van der Waals surface area contributed by atoms with E-state index in [0.717, 1.165) is 5.56 Å². The predicted molar refractivity (Wildman–Crippen MR) is 119 cm³/mol. The summed E-state index contributed by atoms with van der Waals surface area (Å²) in [7, 11) is 0. The van der Waals surface area contributed by atoms with Crippen LogP contribution >= 0.6 is 0 Å². The molecule has 0 spiro atoms. The zero-order valence-corrected chi connectivity index (χ0v) is 19.0. The maximum atomic E-state index is 13.2. The van der Waals surface area contributed by atoms with Gasteiger partial charge in [0.05, 0.1) is 29.7 Å². The van der Waals surface area contributed by atoms with E-state index in [1.54, 1.807) is 38.1 Å². The van der Waals surface area contributed by atoms with E-state index in [4.69, 9.17) is 14.2 Å². The van der Waals surface area contributed by atoms with Crippen LogP contribution in [0.4, 0.5) is 10.5 Å². The lowest BCUT2D eigenvalue weighted by Gasteiger charge is -2.33. The molecular weight excluding hydrogens is 444 g/mol. The lowest BCUT2D eigenvalue weighted by molar-refractivity contribution is -0.386. The Balaban J connectivity index is 2.09. The van der Waals surface area contributed by atoms with Crippen molar-refractivity contribution in [3.63, 3.8) is 0 Å². The van der Waals surface area contributed by atoms with Gasteiger partial charge in [-0.15, -0.1) is 0 Å². The molecule has 10 nitrogen and oxygen atoms in total. The molecule has 0 saturated carbocycles. The summed E-state index contributed by atoms with van der Waals surface area (Å²) in [4.78, 5) is 52.0. The fourth-order valence-corrected chi connectivity index (χ4v) is 4.18. The van der Waals surface area contributed by atoms with Crippen molar-refractivity contribution in [1.29, 1.82) is 0 Å². The maximum Gasteiger partial charge on any atom is 0.410 e. The number of benzene rings is 2. The molecule has 3 rings (SSSR count). The summed E-state index contributed by atoms with van der Waals surface area (Å²) in [5, 5.41) is 11.8. The van der Waals surface area contributed by atoms with Crippen molar-refractivity contribution >= 4 is 23.7 Å². The summed E-state index contributed by atoms with van der Waals surface area (Å²) in [5.74, 6) is -1.81. The van der Waals surface area contributed by atoms with Crippen LogP contribution in [-0.2, 0) is 30.4 Å². The van der Waals surface area contributed by atoms with Crippen LogP contribution in [0.2, 0.25) is 0 Å². The topological polar surface area (TPSA) is 125 Å². The van der Waals surface area contributed by atoms with E-state index in [-0.39, 0.29) is 44.0 Å². The van der Waals surface area contributed by atoms with Crippen LogP contribution in [0.3, 0.4) is 0 Å². The van der Waals surface area contributed by atoms with Gasteiger partial charge in [-0.25, -0.2) is 4.79 Å². The number of hydrogen-bond donors (Lipinski definition) is 0. The highest BCUT2D eigenvalue weighted by atomic mass is 16.6. The van der Waals surface area contributed by atoms with Crippen molar-refractivity contribution < 1.29 is 33.5 Å². The Labute approximate surface area is 196 Å². The third-order valence-electron chi connectivity index (χ3n) is 5.67. The highest BCUT2D eigenvalue weighted by Gasteiger charge is 2.63.